The Morgan fingerprint density at radius 1 is 0.710 bits per heavy atom. The monoisotopic (exact) mass is 406 g/mol. The van der Waals surface area contributed by atoms with Crippen molar-refractivity contribution in [3.63, 3.8) is 0 Å². The second-order valence-electron chi connectivity index (χ2n) is 9.41. The zero-order valence-corrected chi connectivity index (χ0v) is 19.5. The van der Waals surface area contributed by atoms with Gasteiger partial charge in [-0.2, -0.15) is 0 Å². The van der Waals surface area contributed by atoms with Crippen molar-refractivity contribution in [2.24, 2.45) is 0 Å². The van der Waals surface area contributed by atoms with Crippen LogP contribution in [0.2, 0.25) is 0 Å². The lowest BCUT2D eigenvalue weighted by molar-refractivity contribution is 0.859. The highest BCUT2D eigenvalue weighted by molar-refractivity contribution is 5.97. The SMILES string of the molecule is C=C(CCC1=C(c2ccc(C)cc2)Cc2ccc(C)cc21)CCc1cc(C)cc(C)c1. The van der Waals surface area contributed by atoms with E-state index in [9.17, 15) is 0 Å². The zero-order chi connectivity index (χ0) is 22.0. The molecule has 0 N–H and O–H groups in total. The standard InChI is InChI=1S/C31H34/c1-21(6-11-26-17-24(4)16-25(5)18-26)10-15-29-30-19-23(3)9-14-28(30)20-31(29)27-12-7-22(2)8-13-27/h7-9,12-14,16-19H,1,6,10-11,15,20H2,2-5H3. The van der Waals surface area contributed by atoms with Crippen molar-refractivity contribution in [3.05, 3.63) is 117 Å². The molecule has 158 valence electrons. The highest BCUT2D eigenvalue weighted by Gasteiger charge is 2.22. The molecule has 0 fully saturated rings. The molecular weight excluding hydrogens is 372 g/mol. The van der Waals surface area contributed by atoms with Gasteiger partial charge in [-0.15, -0.1) is 0 Å². The summed E-state index contributed by atoms with van der Waals surface area (Å²) in [6, 6.07) is 22.9. The summed E-state index contributed by atoms with van der Waals surface area (Å²) >= 11 is 0. The van der Waals surface area contributed by atoms with E-state index in [0.717, 1.165) is 32.1 Å². The number of hydrogen-bond acceptors (Lipinski definition) is 0. The third kappa shape index (κ3) is 5.07. The van der Waals surface area contributed by atoms with Crippen molar-refractivity contribution in [1.82, 2.24) is 0 Å². The van der Waals surface area contributed by atoms with Crippen molar-refractivity contribution in [3.8, 4) is 0 Å². The molecule has 31 heavy (non-hydrogen) atoms. The molecule has 0 saturated carbocycles. The molecule has 0 aromatic heterocycles. The van der Waals surface area contributed by atoms with Gasteiger partial charge in [0.25, 0.3) is 0 Å². The van der Waals surface area contributed by atoms with Crippen LogP contribution in [0.4, 0.5) is 0 Å². The molecule has 0 amide bonds. The van der Waals surface area contributed by atoms with E-state index in [4.69, 9.17) is 0 Å². The Kier molecular flexibility index (Phi) is 6.28. The Morgan fingerprint density at radius 2 is 1.35 bits per heavy atom. The van der Waals surface area contributed by atoms with Gasteiger partial charge in [0.15, 0.2) is 0 Å². The summed E-state index contributed by atoms with van der Waals surface area (Å²) in [6.45, 7) is 13.2. The number of fused-ring (bicyclic) bond motifs is 1. The van der Waals surface area contributed by atoms with E-state index in [2.05, 4.69) is 94.9 Å². The average Bonchev–Trinajstić information content (AvgIpc) is 3.08. The van der Waals surface area contributed by atoms with E-state index in [0.29, 0.717) is 0 Å². The van der Waals surface area contributed by atoms with Gasteiger partial charge in [-0.1, -0.05) is 95.1 Å². The third-order valence-corrected chi connectivity index (χ3v) is 6.50. The lowest BCUT2D eigenvalue weighted by Crippen LogP contribution is -1.93. The van der Waals surface area contributed by atoms with Crippen LogP contribution in [0.3, 0.4) is 0 Å². The minimum Gasteiger partial charge on any atom is -0.0998 e. The maximum atomic E-state index is 4.44. The van der Waals surface area contributed by atoms with Gasteiger partial charge >= 0.3 is 0 Å². The third-order valence-electron chi connectivity index (χ3n) is 6.50. The molecule has 4 rings (SSSR count). The van der Waals surface area contributed by atoms with Gasteiger partial charge in [-0.05, 0) is 93.2 Å². The van der Waals surface area contributed by atoms with Gasteiger partial charge in [0.2, 0.25) is 0 Å². The Morgan fingerprint density at radius 3 is 2.06 bits per heavy atom. The predicted molar refractivity (Wildman–Crippen MR) is 135 cm³/mol. The maximum Gasteiger partial charge on any atom is -0.00108 e. The molecule has 1 aliphatic rings. The maximum absolute atomic E-state index is 4.44. The summed E-state index contributed by atoms with van der Waals surface area (Å²) in [6.07, 6.45) is 5.33. The fraction of sp³-hybridized carbons (Fsp3) is 0.290. The first-order valence-corrected chi connectivity index (χ1v) is 11.5. The summed E-state index contributed by atoms with van der Waals surface area (Å²) in [4.78, 5) is 0. The van der Waals surface area contributed by atoms with Crippen LogP contribution in [0.15, 0.2) is 72.8 Å². The van der Waals surface area contributed by atoms with E-state index >= 15 is 0 Å². The van der Waals surface area contributed by atoms with Gasteiger partial charge in [0.1, 0.15) is 0 Å². The van der Waals surface area contributed by atoms with Crippen LogP contribution in [-0.2, 0) is 12.8 Å². The molecule has 0 heteroatoms. The lowest BCUT2D eigenvalue weighted by Gasteiger charge is -2.12. The molecule has 3 aromatic rings. The average molecular weight is 407 g/mol. The van der Waals surface area contributed by atoms with Crippen LogP contribution in [0.5, 0.6) is 0 Å². The highest BCUT2D eigenvalue weighted by Crippen LogP contribution is 2.41. The van der Waals surface area contributed by atoms with E-state index < -0.39 is 0 Å². The molecular formula is C31H34. The Balaban J connectivity index is 1.51. The van der Waals surface area contributed by atoms with Crippen LogP contribution in [0, 0.1) is 27.7 Å². The summed E-state index contributed by atoms with van der Waals surface area (Å²) in [5.74, 6) is 0. The summed E-state index contributed by atoms with van der Waals surface area (Å²) < 4.78 is 0. The van der Waals surface area contributed by atoms with Gasteiger partial charge in [-0.25, -0.2) is 0 Å². The number of hydrogen-bond donors (Lipinski definition) is 0. The molecule has 3 aromatic carbocycles. The highest BCUT2D eigenvalue weighted by atomic mass is 14.3. The Hall–Kier alpha value is -2.86. The fourth-order valence-electron chi connectivity index (χ4n) is 4.86. The predicted octanol–water partition coefficient (Wildman–Crippen LogP) is 8.36. The van der Waals surface area contributed by atoms with Crippen LogP contribution >= 0.6 is 0 Å². The second-order valence-corrected chi connectivity index (χ2v) is 9.41. The van der Waals surface area contributed by atoms with Crippen LogP contribution in [-0.4, -0.2) is 0 Å². The second kappa shape index (κ2) is 9.10. The topological polar surface area (TPSA) is 0 Å². The first-order valence-electron chi connectivity index (χ1n) is 11.5. The Bertz CT molecular complexity index is 1120. The van der Waals surface area contributed by atoms with Crippen LogP contribution in [0.1, 0.15) is 63.8 Å². The van der Waals surface area contributed by atoms with Crippen molar-refractivity contribution >= 4 is 11.1 Å². The van der Waals surface area contributed by atoms with Crippen molar-refractivity contribution in [1.29, 1.82) is 0 Å². The van der Waals surface area contributed by atoms with Crippen molar-refractivity contribution in [2.75, 3.05) is 0 Å². The molecule has 0 bridgehead atoms. The molecule has 0 unspecified atom stereocenters. The molecule has 0 spiro atoms. The quantitative estimate of drug-likeness (QED) is 0.346. The Labute approximate surface area is 188 Å². The minimum absolute atomic E-state index is 1.04. The minimum atomic E-state index is 1.04. The molecule has 0 nitrogen and oxygen atoms in total. The number of rotatable bonds is 7. The van der Waals surface area contributed by atoms with Crippen LogP contribution < -0.4 is 0 Å². The van der Waals surface area contributed by atoms with Gasteiger partial charge in [0.05, 0.1) is 0 Å². The molecule has 0 atom stereocenters. The zero-order valence-electron chi connectivity index (χ0n) is 19.5. The number of allylic oxidation sites excluding steroid dienone is 3. The molecule has 0 saturated heterocycles. The summed E-state index contributed by atoms with van der Waals surface area (Å²) in [5.41, 5.74) is 15.5. The van der Waals surface area contributed by atoms with Gasteiger partial charge < -0.3 is 0 Å². The molecule has 0 aliphatic heterocycles. The van der Waals surface area contributed by atoms with Gasteiger partial charge in [0, 0.05) is 0 Å². The number of aryl methyl sites for hydroxylation is 5. The lowest BCUT2D eigenvalue weighted by atomic mass is 9.93. The van der Waals surface area contributed by atoms with Gasteiger partial charge in [-0.3, -0.25) is 0 Å². The fourth-order valence-corrected chi connectivity index (χ4v) is 4.86. The van der Waals surface area contributed by atoms with E-state index in [1.807, 2.05) is 0 Å². The van der Waals surface area contributed by atoms with Crippen molar-refractivity contribution in [2.45, 2.75) is 59.8 Å². The van der Waals surface area contributed by atoms with Crippen molar-refractivity contribution < 1.29 is 0 Å². The molecule has 1 aliphatic carbocycles. The van der Waals surface area contributed by atoms with E-state index in [1.165, 1.54) is 61.2 Å². The van der Waals surface area contributed by atoms with E-state index in [1.54, 1.807) is 0 Å². The first-order chi connectivity index (χ1) is 14.9. The van der Waals surface area contributed by atoms with E-state index in [-0.39, 0.29) is 0 Å². The normalized spacial score (nSPS) is 12.9. The first kappa shape index (κ1) is 21.4. The van der Waals surface area contributed by atoms with Crippen LogP contribution in [0.25, 0.3) is 11.1 Å². The summed E-state index contributed by atoms with van der Waals surface area (Å²) in [5, 5.41) is 0. The largest absolute Gasteiger partial charge is 0.0998 e. The molecule has 0 radical (unpaired) electrons. The summed E-state index contributed by atoms with van der Waals surface area (Å²) in [7, 11) is 0. The smallest absolute Gasteiger partial charge is 0.00108 e. The number of benzene rings is 3. The molecule has 0 heterocycles.